The summed E-state index contributed by atoms with van der Waals surface area (Å²) >= 11 is 0. The van der Waals surface area contributed by atoms with E-state index in [0.29, 0.717) is 29.9 Å². The number of benzene rings is 1. The second-order valence-electron chi connectivity index (χ2n) is 7.64. The number of nitrogens with zero attached hydrogens (tertiary/aromatic N) is 5. The first kappa shape index (κ1) is 18.8. The van der Waals surface area contributed by atoms with Crippen LogP contribution in [0.2, 0.25) is 0 Å². The van der Waals surface area contributed by atoms with Gasteiger partial charge in [0, 0.05) is 38.3 Å². The highest BCUT2D eigenvalue weighted by molar-refractivity contribution is 5.78. The quantitative estimate of drug-likeness (QED) is 0.602. The van der Waals surface area contributed by atoms with Crippen LogP contribution in [-0.4, -0.2) is 57.7 Å². The molecule has 1 fully saturated rings. The minimum atomic E-state index is -0.520. The number of hydrogen-bond donors (Lipinski definition) is 0. The van der Waals surface area contributed by atoms with Crippen LogP contribution in [0.5, 0.6) is 0 Å². The molecule has 0 radical (unpaired) electrons. The number of non-ortho nitro benzene ring substituents is 1. The van der Waals surface area contributed by atoms with Crippen LogP contribution in [0.3, 0.4) is 0 Å². The summed E-state index contributed by atoms with van der Waals surface area (Å²) in [5.41, 5.74) is 0.532. The van der Waals surface area contributed by atoms with Crippen molar-refractivity contribution in [3.05, 3.63) is 34.5 Å². The number of anilines is 1. The summed E-state index contributed by atoms with van der Waals surface area (Å²) in [6.07, 6.45) is 2.09. The molecule has 2 heterocycles. The Bertz CT molecular complexity index is 880. The molecule has 9 nitrogen and oxygen atoms in total. The molecule has 2 aromatic rings. The lowest BCUT2D eigenvalue weighted by atomic mass is 10.2. The zero-order valence-electron chi connectivity index (χ0n) is 15.9. The number of nitro benzene ring substituents is 1. The highest BCUT2D eigenvalue weighted by atomic mass is 16.6. The lowest BCUT2D eigenvalue weighted by Gasteiger charge is -2.27. The van der Waals surface area contributed by atoms with Gasteiger partial charge in [0.05, 0.1) is 22.2 Å². The fraction of sp³-hybridized carbons (Fsp3) is 0.500. The third kappa shape index (κ3) is 4.24. The fourth-order valence-corrected chi connectivity index (χ4v) is 3.01. The molecule has 1 aliphatic rings. The molecule has 1 atom stereocenters. The monoisotopic (exact) mass is 373 g/mol. The van der Waals surface area contributed by atoms with Crippen LogP contribution in [0.1, 0.15) is 27.2 Å². The van der Waals surface area contributed by atoms with Gasteiger partial charge in [-0.25, -0.2) is 9.78 Å². The summed E-state index contributed by atoms with van der Waals surface area (Å²) < 4.78 is 5.43. The summed E-state index contributed by atoms with van der Waals surface area (Å²) in [7, 11) is 1.91. The van der Waals surface area contributed by atoms with Gasteiger partial charge in [-0.05, 0) is 33.3 Å². The van der Waals surface area contributed by atoms with E-state index in [9.17, 15) is 14.9 Å². The summed E-state index contributed by atoms with van der Waals surface area (Å²) in [6.45, 7) is 6.71. The minimum absolute atomic E-state index is 0.0123. The van der Waals surface area contributed by atoms with Crippen LogP contribution in [0.4, 0.5) is 16.3 Å². The molecule has 0 aliphatic carbocycles. The Kier molecular flexibility index (Phi) is 4.86. The van der Waals surface area contributed by atoms with Gasteiger partial charge in [-0.1, -0.05) is 0 Å². The number of carbonyl (C=O) groups is 1. The number of rotatable bonds is 3. The van der Waals surface area contributed by atoms with E-state index in [2.05, 4.69) is 9.97 Å². The van der Waals surface area contributed by atoms with Crippen LogP contribution in [0.15, 0.2) is 24.4 Å². The van der Waals surface area contributed by atoms with Gasteiger partial charge in [0.15, 0.2) is 0 Å². The van der Waals surface area contributed by atoms with Gasteiger partial charge < -0.3 is 14.5 Å². The zero-order chi connectivity index (χ0) is 19.8. The molecule has 27 heavy (non-hydrogen) atoms. The maximum atomic E-state index is 12.2. The third-order valence-electron chi connectivity index (χ3n) is 4.45. The molecule has 0 bridgehead atoms. The van der Waals surface area contributed by atoms with Crippen molar-refractivity contribution in [3.63, 3.8) is 0 Å². The van der Waals surface area contributed by atoms with Gasteiger partial charge >= 0.3 is 6.09 Å². The predicted molar refractivity (Wildman–Crippen MR) is 101 cm³/mol. The molecule has 0 spiro atoms. The number of hydrogen-bond acceptors (Lipinski definition) is 7. The number of likely N-dealkylation sites (N-methyl/N-ethyl adjacent to an activating group) is 1. The second kappa shape index (κ2) is 6.98. The largest absolute Gasteiger partial charge is 0.444 e. The maximum Gasteiger partial charge on any atom is 0.410 e. The number of likely N-dealkylation sites (tertiary alicyclic amines) is 1. The average molecular weight is 373 g/mol. The van der Waals surface area contributed by atoms with Crippen molar-refractivity contribution < 1.29 is 14.5 Å². The predicted octanol–water partition coefficient (Wildman–Crippen LogP) is 2.98. The maximum absolute atomic E-state index is 12.2. The van der Waals surface area contributed by atoms with E-state index < -0.39 is 10.5 Å². The van der Waals surface area contributed by atoms with E-state index in [0.717, 1.165) is 6.42 Å². The number of amides is 1. The lowest BCUT2D eigenvalue weighted by Crippen LogP contribution is -2.39. The van der Waals surface area contributed by atoms with Gasteiger partial charge in [-0.3, -0.25) is 15.1 Å². The molecule has 3 rings (SSSR count). The number of carbonyl (C=O) groups excluding carboxylic acids is 1. The third-order valence-corrected chi connectivity index (χ3v) is 4.45. The van der Waals surface area contributed by atoms with E-state index >= 15 is 0 Å². The van der Waals surface area contributed by atoms with E-state index in [1.807, 2.05) is 32.7 Å². The Balaban J connectivity index is 1.72. The molecule has 1 amide bonds. The van der Waals surface area contributed by atoms with Crippen LogP contribution >= 0.6 is 0 Å². The van der Waals surface area contributed by atoms with E-state index in [-0.39, 0.29) is 17.8 Å². The summed E-state index contributed by atoms with van der Waals surface area (Å²) in [6, 6.07) is 4.52. The van der Waals surface area contributed by atoms with Crippen molar-refractivity contribution in [3.8, 4) is 0 Å². The summed E-state index contributed by atoms with van der Waals surface area (Å²) in [5, 5.41) is 10.9. The zero-order valence-corrected chi connectivity index (χ0v) is 15.9. The highest BCUT2D eigenvalue weighted by Gasteiger charge is 2.32. The molecule has 1 aromatic heterocycles. The Morgan fingerprint density at radius 1 is 1.37 bits per heavy atom. The molecular formula is C18H23N5O4. The number of nitro groups is 1. The van der Waals surface area contributed by atoms with E-state index in [1.165, 1.54) is 12.1 Å². The first-order chi connectivity index (χ1) is 12.6. The normalized spacial score (nSPS) is 17.2. The Hall–Kier alpha value is -2.97. The van der Waals surface area contributed by atoms with Gasteiger partial charge in [0.2, 0.25) is 0 Å². The van der Waals surface area contributed by atoms with Crippen LogP contribution in [0, 0.1) is 10.1 Å². The molecule has 1 aromatic carbocycles. The van der Waals surface area contributed by atoms with Crippen molar-refractivity contribution in [2.75, 3.05) is 25.0 Å². The molecule has 0 N–H and O–H groups in total. The summed E-state index contributed by atoms with van der Waals surface area (Å²) in [4.78, 5) is 35.2. The number of aromatic nitrogens is 2. The van der Waals surface area contributed by atoms with Crippen molar-refractivity contribution in [1.82, 2.24) is 14.9 Å². The van der Waals surface area contributed by atoms with Gasteiger partial charge in [-0.15, -0.1) is 0 Å². The standard InChI is InChI=1S/C18H23N5O4/c1-18(2,3)27-17(24)22-8-7-13(11-22)21(4)16-10-19-15-9-12(23(25)26)5-6-14(15)20-16/h5-6,9-10,13H,7-8,11H2,1-4H3. The van der Waals surface area contributed by atoms with Crippen molar-refractivity contribution >= 4 is 28.6 Å². The lowest BCUT2D eigenvalue weighted by molar-refractivity contribution is -0.384. The van der Waals surface area contributed by atoms with Gasteiger partial charge in [-0.2, -0.15) is 0 Å². The smallest absolute Gasteiger partial charge is 0.410 e. The topological polar surface area (TPSA) is 102 Å². The first-order valence-electron chi connectivity index (χ1n) is 8.76. The van der Waals surface area contributed by atoms with E-state index in [4.69, 9.17) is 4.74 Å². The molecule has 1 aliphatic heterocycles. The average Bonchev–Trinajstić information content (AvgIpc) is 3.09. The van der Waals surface area contributed by atoms with Gasteiger partial charge in [0.25, 0.3) is 5.69 Å². The van der Waals surface area contributed by atoms with Crippen molar-refractivity contribution in [1.29, 1.82) is 0 Å². The molecule has 1 unspecified atom stereocenters. The number of ether oxygens (including phenoxy) is 1. The summed E-state index contributed by atoms with van der Waals surface area (Å²) in [5.74, 6) is 0.660. The fourth-order valence-electron chi connectivity index (χ4n) is 3.01. The molecule has 144 valence electrons. The molecule has 1 saturated heterocycles. The van der Waals surface area contributed by atoms with E-state index in [1.54, 1.807) is 17.2 Å². The Morgan fingerprint density at radius 2 is 2.11 bits per heavy atom. The Labute approximate surface area is 157 Å². The second-order valence-corrected chi connectivity index (χ2v) is 7.64. The molecule has 0 saturated carbocycles. The molecule has 9 heteroatoms. The molecular weight excluding hydrogens is 350 g/mol. The van der Waals surface area contributed by atoms with Crippen LogP contribution < -0.4 is 4.90 Å². The van der Waals surface area contributed by atoms with Crippen LogP contribution in [-0.2, 0) is 4.74 Å². The Morgan fingerprint density at radius 3 is 2.78 bits per heavy atom. The van der Waals surface area contributed by atoms with Crippen molar-refractivity contribution in [2.24, 2.45) is 0 Å². The minimum Gasteiger partial charge on any atom is -0.444 e. The highest BCUT2D eigenvalue weighted by Crippen LogP contribution is 2.24. The number of fused-ring (bicyclic) bond motifs is 1. The van der Waals surface area contributed by atoms with Crippen LogP contribution in [0.25, 0.3) is 11.0 Å². The van der Waals surface area contributed by atoms with Gasteiger partial charge in [0.1, 0.15) is 11.4 Å². The first-order valence-corrected chi connectivity index (χ1v) is 8.76. The SMILES string of the molecule is CN(c1cnc2cc([N+](=O)[O-])ccc2n1)C1CCN(C(=O)OC(C)(C)C)C1. The van der Waals surface area contributed by atoms with Crippen molar-refractivity contribution in [2.45, 2.75) is 38.8 Å².